The van der Waals surface area contributed by atoms with Crippen LogP contribution in [0.25, 0.3) is 0 Å². The van der Waals surface area contributed by atoms with Crippen molar-refractivity contribution in [1.29, 1.82) is 0 Å². The molecule has 0 bridgehead atoms. The molecular weight excluding hydrogens is 487 g/mol. The highest BCUT2D eigenvalue weighted by atomic mass is 19.1. The molecular formula is C27H35FN8O2. The quantitative estimate of drug-likeness (QED) is 0.169. The average Bonchev–Trinajstić information content (AvgIpc) is 3.70. The van der Waals surface area contributed by atoms with Crippen LogP contribution in [-0.4, -0.2) is 82.9 Å². The Morgan fingerprint density at radius 3 is 2.76 bits per heavy atom. The third kappa shape index (κ3) is 9.44. The van der Waals surface area contributed by atoms with Crippen molar-refractivity contribution in [3.05, 3.63) is 48.2 Å². The Morgan fingerprint density at radius 2 is 2.05 bits per heavy atom. The van der Waals surface area contributed by atoms with Crippen molar-refractivity contribution in [2.24, 2.45) is 0 Å². The number of rotatable bonds is 12. The Balaban J connectivity index is 1.48. The van der Waals surface area contributed by atoms with E-state index >= 15 is 0 Å². The first-order chi connectivity index (χ1) is 18.2. The number of amides is 2. The lowest BCUT2D eigenvalue weighted by molar-refractivity contribution is -0.135. The highest BCUT2D eigenvalue weighted by Crippen LogP contribution is 2.26. The lowest BCUT2D eigenvalue weighted by atomic mass is 10.2. The van der Waals surface area contributed by atoms with Crippen LogP contribution in [0.5, 0.6) is 0 Å². The van der Waals surface area contributed by atoms with Crippen molar-refractivity contribution in [3.63, 3.8) is 0 Å². The van der Waals surface area contributed by atoms with Crippen LogP contribution >= 0.6 is 0 Å². The Morgan fingerprint density at radius 1 is 1.26 bits per heavy atom. The summed E-state index contributed by atoms with van der Waals surface area (Å²) in [6.07, 6.45) is 9.62. The number of hydrogen-bond acceptors (Lipinski definition) is 8. The van der Waals surface area contributed by atoms with E-state index in [-0.39, 0.29) is 11.8 Å². The molecule has 202 valence electrons. The summed E-state index contributed by atoms with van der Waals surface area (Å²) in [5, 5.41) is 9.20. The van der Waals surface area contributed by atoms with Gasteiger partial charge < -0.3 is 25.8 Å². The Kier molecular flexibility index (Phi) is 10.5. The predicted molar refractivity (Wildman–Crippen MR) is 145 cm³/mol. The van der Waals surface area contributed by atoms with E-state index in [0.29, 0.717) is 55.0 Å². The molecule has 3 N–H and O–H groups in total. The molecule has 0 saturated heterocycles. The molecule has 1 fully saturated rings. The highest BCUT2D eigenvalue weighted by Gasteiger charge is 2.23. The summed E-state index contributed by atoms with van der Waals surface area (Å²) in [5.41, 5.74) is 1.17. The largest absolute Gasteiger partial charge is 0.366 e. The molecule has 3 rings (SSSR count). The van der Waals surface area contributed by atoms with Crippen LogP contribution in [0.3, 0.4) is 0 Å². The van der Waals surface area contributed by atoms with Gasteiger partial charge in [-0.05, 0) is 46.3 Å². The minimum atomic E-state index is -0.590. The predicted octanol–water partition coefficient (Wildman–Crippen LogP) is 2.54. The third-order valence-corrected chi connectivity index (χ3v) is 5.73. The molecule has 2 amide bonds. The Bertz CT molecular complexity index is 1200. The molecule has 0 aliphatic heterocycles. The zero-order chi connectivity index (χ0) is 27.5. The lowest BCUT2D eigenvalue weighted by Gasteiger charge is -2.23. The molecule has 10 nitrogen and oxygen atoms in total. The second-order valence-electron chi connectivity index (χ2n) is 9.35. The molecule has 1 unspecified atom stereocenters. The van der Waals surface area contributed by atoms with E-state index in [2.05, 4.69) is 42.7 Å². The molecule has 0 spiro atoms. The van der Waals surface area contributed by atoms with E-state index < -0.39 is 12.0 Å². The number of hydrogen-bond donors (Lipinski definition) is 3. The minimum Gasteiger partial charge on any atom is -0.366 e. The van der Waals surface area contributed by atoms with Gasteiger partial charge in [0.05, 0.1) is 11.8 Å². The van der Waals surface area contributed by atoms with E-state index in [1.165, 1.54) is 23.2 Å². The normalized spacial score (nSPS) is 13.5. The molecule has 2 aromatic heterocycles. The average molecular weight is 523 g/mol. The molecule has 2 heterocycles. The Hall–Kier alpha value is -4.04. The van der Waals surface area contributed by atoms with Gasteiger partial charge in [-0.2, -0.15) is 9.37 Å². The fourth-order valence-corrected chi connectivity index (χ4v) is 3.22. The zero-order valence-electron chi connectivity index (χ0n) is 22.3. The van der Waals surface area contributed by atoms with Crippen molar-refractivity contribution < 1.29 is 14.0 Å². The Labute approximate surface area is 223 Å². The number of carbonyl (C=O) groups is 2. The van der Waals surface area contributed by atoms with Crippen LogP contribution < -0.4 is 16.0 Å². The van der Waals surface area contributed by atoms with Gasteiger partial charge in [0, 0.05) is 56.6 Å². The summed E-state index contributed by atoms with van der Waals surface area (Å²) in [6.45, 7) is 2.80. The first-order valence-electron chi connectivity index (χ1n) is 12.6. The van der Waals surface area contributed by atoms with Gasteiger partial charge >= 0.3 is 0 Å². The van der Waals surface area contributed by atoms with Gasteiger partial charge in [0.1, 0.15) is 11.9 Å². The number of unbranched alkanes of at least 4 members (excludes halogenated alkanes) is 1. The summed E-state index contributed by atoms with van der Waals surface area (Å²) in [6, 6.07) is 2.68. The summed E-state index contributed by atoms with van der Waals surface area (Å²) in [7, 11) is 5.45. The van der Waals surface area contributed by atoms with Crippen molar-refractivity contribution in [1.82, 2.24) is 30.1 Å². The van der Waals surface area contributed by atoms with Gasteiger partial charge in [-0.3, -0.25) is 9.59 Å². The van der Waals surface area contributed by atoms with Gasteiger partial charge in [-0.25, -0.2) is 9.97 Å². The molecule has 1 atom stereocenters. The van der Waals surface area contributed by atoms with Crippen LogP contribution in [0.2, 0.25) is 0 Å². The number of pyridine rings is 1. The van der Waals surface area contributed by atoms with Gasteiger partial charge in [0.2, 0.25) is 23.7 Å². The number of nitrogens with one attached hydrogen (secondary N) is 3. The molecule has 1 aliphatic carbocycles. The van der Waals surface area contributed by atoms with E-state index in [4.69, 9.17) is 0 Å². The third-order valence-electron chi connectivity index (χ3n) is 5.73. The standard InChI is InChI=1S/C27H35FN8O2/c1-19(36(4)24(37)10-8-16-35(2)3)26(38)30-14-7-5-6-9-20-18-31-27(34-25(20)32-21-11-12-21)33-22-13-15-29-23(28)17-22/h8,10,13,15,17-19,21H,5,7,11-12,14,16H2,1-4H3,(H,30,38)(H2,29,31,32,33,34). The number of aromatic nitrogens is 3. The smallest absolute Gasteiger partial charge is 0.246 e. The second-order valence-corrected chi connectivity index (χ2v) is 9.35. The molecule has 1 saturated carbocycles. The first-order valence-corrected chi connectivity index (χ1v) is 12.6. The van der Waals surface area contributed by atoms with E-state index in [1.54, 1.807) is 32.3 Å². The molecule has 2 aromatic rings. The fourth-order valence-electron chi connectivity index (χ4n) is 3.22. The maximum absolute atomic E-state index is 13.4. The van der Waals surface area contributed by atoms with Crippen molar-refractivity contribution in [2.45, 2.75) is 44.7 Å². The maximum atomic E-state index is 13.4. The van der Waals surface area contributed by atoms with Crippen LogP contribution in [-0.2, 0) is 9.59 Å². The molecule has 11 heteroatoms. The summed E-state index contributed by atoms with van der Waals surface area (Å²) < 4.78 is 13.4. The monoisotopic (exact) mass is 522 g/mol. The van der Waals surface area contributed by atoms with Crippen LogP contribution in [0.4, 0.5) is 21.8 Å². The summed E-state index contributed by atoms with van der Waals surface area (Å²) >= 11 is 0. The van der Waals surface area contributed by atoms with Gasteiger partial charge in [0.15, 0.2) is 0 Å². The first kappa shape index (κ1) is 28.5. The van der Waals surface area contributed by atoms with Crippen molar-refractivity contribution in [2.75, 3.05) is 44.9 Å². The van der Waals surface area contributed by atoms with Gasteiger partial charge in [-0.1, -0.05) is 17.9 Å². The SMILES string of the molecule is CC(C(=O)NCCCC#Cc1cnc(Nc2ccnc(F)c2)nc1NC1CC1)N(C)C(=O)C=CCN(C)C. The highest BCUT2D eigenvalue weighted by molar-refractivity contribution is 5.92. The summed E-state index contributed by atoms with van der Waals surface area (Å²) in [5.74, 6) is 6.16. The summed E-state index contributed by atoms with van der Waals surface area (Å²) in [4.78, 5) is 40.4. The van der Waals surface area contributed by atoms with Crippen LogP contribution in [0, 0.1) is 17.8 Å². The van der Waals surface area contributed by atoms with Gasteiger partial charge in [-0.15, -0.1) is 0 Å². The van der Waals surface area contributed by atoms with Crippen molar-refractivity contribution >= 4 is 29.3 Å². The van der Waals surface area contributed by atoms with E-state index in [0.717, 1.165) is 12.8 Å². The number of nitrogens with zero attached hydrogens (tertiary/aromatic N) is 5. The number of carbonyl (C=O) groups excluding carboxylic acids is 2. The van der Waals surface area contributed by atoms with Crippen LogP contribution in [0.1, 0.15) is 38.2 Å². The zero-order valence-corrected chi connectivity index (χ0v) is 22.3. The maximum Gasteiger partial charge on any atom is 0.246 e. The number of halogens is 1. The topological polar surface area (TPSA) is 115 Å². The number of likely N-dealkylation sites (N-methyl/N-ethyl adjacent to an activating group) is 2. The van der Waals surface area contributed by atoms with Crippen molar-refractivity contribution in [3.8, 4) is 11.8 Å². The van der Waals surface area contributed by atoms with E-state index in [1.807, 2.05) is 19.0 Å². The molecule has 1 aliphatic rings. The lowest BCUT2D eigenvalue weighted by Crippen LogP contribution is -2.45. The minimum absolute atomic E-state index is 0.212. The molecule has 0 radical (unpaired) electrons. The number of anilines is 3. The molecule has 38 heavy (non-hydrogen) atoms. The van der Waals surface area contributed by atoms with Crippen LogP contribution in [0.15, 0.2) is 36.7 Å². The second kappa shape index (κ2) is 14.0. The van der Waals surface area contributed by atoms with Gasteiger partial charge in [0.25, 0.3) is 0 Å². The molecule has 0 aromatic carbocycles. The fraction of sp³-hybridized carbons (Fsp3) is 0.444. The van der Waals surface area contributed by atoms with E-state index in [9.17, 15) is 14.0 Å².